The van der Waals surface area contributed by atoms with Gasteiger partial charge in [0, 0.05) is 6.42 Å². The molecule has 9 heteroatoms. The van der Waals surface area contributed by atoms with Crippen LogP contribution in [0.15, 0.2) is 72.9 Å². The van der Waals surface area contributed by atoms with E-state index in [9.17, 15) is 19.4 Å². The summed E-state index contributed by atoms with van der Waals surface area (Å²) >= 11 is 0. The van der Waals surface area contributed by atoms with E-state index in [0.29, 0.717) is 17.4 Å². The molecule has 1 amide bonds. The number of rotatable bonds is 41. The third-order valence-electron chi connectivity index (χ3n) is 9.93. The van der Waals surface area contributed by atoms with Crippen LogP contribution in [0.2, 0.25) is 0 Å². The number of carbonyl (C=O) groups excluding carboxylic acids is 1. The van der Waals surface area contributed by atoms with Gasteiger partial charge in [0.2, 0.25) is 5.91 Å². The highest BCUT2D eigenvalue weighted by molar-refractivity contribution is 7.47. The number of amides is 1. The van der Waals surface area contributed by atoms with E-state index in [2.05, 4.69) is 79.9 Å². The lowest BCUT2D eigenvalue weighted by Crippen LogP contribution is -2.45. The number of phosphoric acid groups is 1. The highest BCUT2D eigenvalue weighted by atomic mass is 31.2. The van der Waals surface area contributed by atoms with Crippen LogP contribution in [-0.2, 0) is 18.4 Å². The molecule has 0 aliphatic rings. The van der Waals surface area contributed by atoms with Gasteiger partial charge in [0.05, 0.1) is 39.9 Å². The SMILES string of the molecule is CC/C=C\C/C=C\C/C=C\C/C=C\C/C=C\CCCCCCCCCCCCCCCC(=O)NC(COP(=O)(O)OCC[N+](C)(C)C)C(O)/C=C/CCCCCCC. The first-order valence-electron chi connectivity index (χ1n) is 23.3. The van der Waals surface area contributed by atoms with Crippen molar-refractivity contribution in [2.75, 3.05) is 40.9 Å². The molecular weight excluding hydrogens is 744 g/mol. The number of hydrogen-bond acceptors (Lipinski definition) is 5. The molecule has 8 nitrogen and oxygen atoms in total. The summed E-state index contributed by atoms with van der Waals surface area (Å²) in [6.07, 6.45) is 54.3. The number of carbonyl (C=O) groups is 1. The predicted molar refractivity (Wildman–Crippen MR) is 249 cm³/mol. The first kappa shape index (κ1) is 55.9. The third-order valence-corrected chi connectivity index (χ3v) is 10.9. The summed E-state index contributed by atoms with van der Waals surface area (Å²) in [6, 6.07) is -0.846. The van der Waals surface area contributed by atoms with Gasteiger partial charge in [-0.15, -0.1) is 0 Å². The molecule has 0 aliphatic carbocycles. The van der Waals surface area contributed by atoms with Crippen LogP contribution in [0.1, 0.15) is 181 Å². The number of aliphatic hydroxyl groups is 1. The Morgan fingerprint density at radius 2 is 1.03 bits per heavy atom. The Balaban J connectivity index is 4.05. The molecule has 0 aliphatic heterocycles. The van der Waals surface area contributed by atoms with Gasteiger partial charge in [-0.3, -0.25) is 13.8 Å². The second-order valence-corrected chi connectivity index (χ2v) is 18.2. The summed E-state index contributed by atoms with van der Waals surface area (Å²) in [6.45, 7) is 4.62. The molecule has 3 unspecified atom stereocenters. The molecule has 3 N–H and O–H groups in total. The van der Waals surface area contributed by atoms with Crippen molar-refractivity contribution in [3.05, 3.63) is 72.9 Å². The fraction of sp³-hybridized carbons (Fsp3) is 0.735. The smallest absolute Gasteiger partial charge is 0.387 e. The van der Waals surface area contributed by atoms with Gasteiger partial charge in [-0.1, -0.05) is 183 Å². The average molecular weight is 834 g/mol. The lowest BCUT2D eigenvalue weighted by atomic mass is 10.0. The van der Waals surface area contributed by atoms with E-state index < -0.39 is 20.0 Å². The van der Waals surface area contributed by atoms with E-state index in [4.69, 9.17) is 9.05 Å². The number of nitrogens with zero attached hydrogens (tertiary/aromatic N) is 1. The maximum atomic E-state index is 12.8. The Kier molecular flexibility index (Phi) is 38.9. The van der Waals surface area contributed by atoms with E-state index >= 15 is 0 Å². The van der Waals surface area contributed by atoms with Gasteiger partial charge in [-0.25, -0.2) is 4.57 Å². The van der Waals surface area contributed by atoms with Crippen molar-refractivity contribution in [3.63, 3.8) is 0 Å². The number of quaternary nitrogens is 1. The van der Waals surface area contributed by atoms with Crippen LogP contribution in [0, 0.1) is 0 Å². The van der Waals surface area contributed by atoms with Gasteiger partial charge in [-0.2, -0.15) is 0 Å². The van der Waals surface area contributed by atoms with Gasteiger partial charge >= 0.3 is 7.82 Å². The number of hydrogen-bond donors (Lipinski definition) is 3. The summed E-state index contributed by atoms with van der Waals surface area (Å²) in [7, 11) is 1.56. The normalized spacial score (nSPS) is 14.9. The van der Waals surface area contributed by atoms with Gasteiger partial charge in [0.1, 0.15) is 13.2 Å². The number of unbranched alkanes of at least 4 members (excludes halogenated alkanes) is 18. The van der Waals surface area contributed by atoms with Crippen molar-refractivity contribution >= 4 is 13.7 Å². The molecule has 3 atom stereocenters. The van der Waals surface area contributed by atoms with Gasteiger partial charge in [-0.05, 0) is 64.2 Å². The maximum Gasteiger partial charge on any atom is 0.472 e. The average Bonchev–Trinajstić information content (AvgIpc) is 3.17. The molecular formula is C49H90N2O6P+. The van der Waals surface area contributed by atoms with Crippen molar-refractivity contribution in [1.82, 2.24) is 5.32 Å². The lowest BCUT2D eigenvalue weighted by molar-refractivity contribution is -0.870. The molecule has 0 saturated heterocycles. The van der Waals surface area contributed by atoms with Crippen molar-refractivity contribution in [2.45, 2.75) is 193 Å². The molecule has 336 valence electrons. The first-order valence-corrected chi connectivity index (χ1v) is 24.8. The summed E-state index contributed by atoms with van der Waals surface area (Å²) in [5.41, 5.74) is 0. The summed E-state index contributed by atoms with van der Waals surface area (Å²) < 4.78 is 23.4. The molecule has 58 heavy (non-hydrogen) atoms. The Morgan fingerprint density at radius 3 is 1.52 bits per heavy atom. The second-order valence-electron chi connectivity index (χ2n) is 16.8. The van der Waals surface area contributed by atoms with Gasteiger partial charge in [0.15, 0.2) is 0 Å². The quantitative estimate of drug-likeness (QED) is 0.0245. The zero-order chi connectivity index (χ0) is 42.8. The largest absolute Gasteiger partial charge is 0.472 e. The van der Waals surface area contributed by atoms with E-state index in [0.717, 1.165) is 70.6 Å². The topological polar surface area (TPSA) is 105 Å². The summed E-state index contributed by atoms with van der Waals surface area (Å²) in [5, 5.41) is 13.7. The monoisotopic (exact) mass is 834 g/mol. The number of allylic oxidation sites excluding steroid dienone is 11. The van der Waals surface area contributed by atoms with Crippen molar-refractivity contribution in [3.8, 4) is 0 Å². The van der Waals surface area contributed by atoms with Crippen LogP contribution in [0.3, 0.4) is 0 Å². The Morgan fingerprint density at radius 1 is 0.603 bits per heavy atom. The van der Waals surface area contributed by atoms with Crippen LogP contribution in [0.5, 0.6) is 0 Å². The minimum Gasteiger partial charge on any atom is -0.387 e. The Hall–Kier alpha value is -2.06. The molecule has 0 aromatic carbocycles. The van der Waals surface area contributed by atoms with Crippen LogP contribution >= 0.6 is 7.82 Å². The highest BCUT2D eigenvalue weighted by Gasteiger charge is 2.27. The molecule has 0 spiro atoms. The number of phosphoric ester groups is 1. The lowest BCUT2D eigenvalue weighted by Gasteiger charge is -2.25. The molecule has 0 aromatic heterocycles. The number of nitrogens with one attached hydrogen (secondary N) is 1. The summed E-state index contributed by atoms with van der Waals surface area (Å²) in [5.74, 6) is -0.187. The Bertz CT molecular complexity index is 1170. The van der Waals surface area contributed by atoms with E-state index in [1.807, 2.05) is 27.2 Å². The molecule has 0 heterocycles. The zero-order valence-electron chi connectivity index (χ0n) is 38.0. The van der Waals surface area contributed by atoms with Gasteiger partial charge < -0.3 is 19.8 Å². The minimum atomic E-state index is -4.33. The van der Waals surface area contributed by atoms with Gasteiger partial charge in [0.25, 0.3) is 0 Å². The van der Waals surface area contributed by atoms with Crippen molar-refractivity contribution in [2.24, 2.45) is 0 Å². The number of aliphatic hydroxyl groups excluding tert-OH is 1. The van der Waals surface area contributed by atoms with E-state index in [1.54, 1.807) is 6.08 Å². The van der Waals surface area contributed by atoms with E-state index in [1.165, 1.54) is 89.9 Å². The molecule has 0 rings (SSSR count). The fourth-order valence-corrected chi connectivity index (χ4v) is 6.98. The molecule has 0 bridgehead atoms. The van der Waals surface area contributed by atoms with Crippen molar-refractivity contribution in [1.29, 1.82) is 0 Å². The molecule has 0 fully saturated rings. The van der Waals surface area contributed by atoms with Crippen LogP contribution in [-0.4, -0.2) is 73.4 Å². The molecule has 0 aromatic rings. The highest BCUT2D eigenvalue weighted by Crippen LogP contribution is 2.43. The standard InChI is InChI=1S/C49H89N2O6P/c1-6-8-10-12-14-15-16-17-18-19-20-21-22-23-24-25-26-27-28-29-30-31-32-33-34-35-37-39-41-43-49(53)50-47(48(52)42-40-38-36-13-11-9-7-2)46-57-58(54,55)56-45-44-51(3,4)5/h8,10,14-15,17-18,20-21,23-24,40,42,47-48,52H,6-7,9,11-13,16,19,22,25-39,41,43-46H2,1-5H3,(H-,50,53,54,55)/p+1/b10-8-,15-14-,18-17-,21-20-,24-23-,42-40+. The summed E-state index contributed by atoms with van der Waals surface area (Å²) in [4.78, 5) is 23.0. The number of likely N-dealkylation sites (N-methyl/N-ethyl adjacent to an activating group) is 1. The zero-order valence-corrected chi connectivity index (χ0v) is 38.9. The fourth-order valence-electron chi connectivity index (χ4n) is 6.24. The predicted octanol–water partition coefficient (Wildman–Crippen LogP) is 13.2. The maximum absolute atomic E-state index is 12.8. The van der Waals surface area contributed by atoms with Crippen molar-refractivity contribution < 1.29 is 32.9 Å². The minimum absolute atomic E-state index is 0.0582. The first-order chi connectivity index (χ1) is 28.0. The van der Waals surface area contributed by atoms with E-state index in [-0.39, 0.29) is 19.1 Å². The Labute approximate surface area is 357 Å². The molecule has 0 saturated carbocycles. The van der Waals surface area contributed by atoms with Crippen LogP contribution in [0.4, 0.5) is 0 Å². The van der Waals surface area contributed by atoms with Crippen LogP contribution in [0.25, 0.3) is 0 Å². The van der Waals surface area contributed by atoms with Crippen LogP contribution < -0.4 is 5.32 Å². The third kappa shape index (κ3) is 42.1. The molecule has 0 radical (unpaired) electrons. The second kappa shape index (κ2) is 40.4.